The highest BCUT2D eigenvalue weighted by Gasteiger charge is 2.36. The first-order chi connectivity index (χ1) is 32.2. The monoisotopic (exact) mass is 947 g/mol. The predicted molar refractivity (Wildman–Crippen MR) is 283 cm³/mol. The van der Waals surface area contributed by atoms with Gasteiger partial charge < -0.3 is 28.6 Å². The van der Waals surface area contributed by atoms with Crippen LogP contribution in [-0.2, 0) is 22.5 Å². The highest BCUT2D eigenvalue weighted by Crippen LogP contribution is 2.47. The molecule has 0 saturated carbocycles. The van der Waals surface area contributed by atoms with Gasteiger partial charge in [0.25, 0.3) is 13.6 Å². The van der Waals surface area contributed by atoms with Crippen molar-refractivity contribution in [2.24, 2.45) is 46.1 Å². The minimum Gasteiger partial charge on any atom is -0.487 e. The second-order valence-corrected chi connectivity index (χ2v) is 23.8. The molecule has 2 heterocycles. The summed E-state index contributed by atoms with van der Waals surface area (Å²) in [5.41, 5.74) is 8.78. The molecule has 0 amide bonds. The fraction of sp³-hybridized carbons (Fsp3) is 0.800. The second kappa shape index (κ2) is 28.0. The summed E-state index contributed by atoms with van der Waals surface area (Å²) in [6.07, 6.45) is 27.5. The summed E-state index contributed by atoms with van der Waals surface area (Å²) in [7, 11) is 0. The van der Waals surface area contributed by atoms with Gasteiger partial charge in [0.1, 0.15) is 34.2 Å². The molecule has 4 rings (SSSR count). The van der Waals surface area contributed by atoms with E-state index in [9.17, 15) is 0 Å². The van der Waals surface area contributed by atoms with Crippen LogP contribution in [0.25, 0.3) is 0 Å². The van der Waals surface area contributed by atoms with Crippen LogP contribution in [0.5, 0.6) is 23.0 Å². The van der Waals surface area contributed by atoms with Crippen LogP contribution < -0.4 is 18.9 Å². The van der Waals surface area contributed by atoms with E-state index >= 15 is 0 Å². The van der Waals surface area contributed by atoms with Crippen molar-refractivity contribution < 1.29 is 28.6 Å². The van der Waals surface area contributed by atoms with Crippen LogP contribution in [-0.4, -0.2) is 24.8 Å². The summed E-state index contributed by atoms with van der Waals surface area (Å²) in [6.45, 7) is 36.3. The number of hydrogen-bond donors (Lipinski definition) is 0. The standard InChI is InChI=1S/C60H102N2O6/c1-41(2)23-17-25-43(5)27-19-29-45(7)31-21-35-59(15)37-33-53-51(13)55(47(9)49(11)57(53)67-59)63-39-65-61-62-66-40-64-56-48(10)50(12)58-54(52(56)14)34-38-60(16,68-58)36-22-32-46(8)30-20-28-44(6)26-18-24-42(3)4/h41-46H,17-40H2,1-16H3/b62-61+/t43-,44-,45-,46-,59-,60-/m1/s1. The van der Waals surface area contributed by atoms with E-state index in [0.29, 0.717) is 0 Å². The molecular weight excluding hydrogens is 845 g/mol. The third-order valence-corrected chi connectivity index (χ3v) is 16.3. The maximum atomic E-state index is 6.87. The van der Waals surface area contributed by atoms with E-state index in [-0.39, 0.29) is 24.8 Å². The molecule has 388 valence electrons. The lowest BCUT2D eigenvalue weighted by Crippen LogP contribution is -2.37. The Bertz CT molecular complexity index is 1720. The maximum absolute atomic E-state index is 6.87. The molecule has 0 bridgehead atoms. The number of nitrogens with zero attached hydrogens (tertiary/aromatic N) is 2. The average molecular weight is 947 g/mol. The minimum absolute atomic E-state index is 0.0836. The number of rotatable bonds is 32. The molecule has 8 nitrogen and oxygen atoms in total. The van der Waals surface area contributed by atoms with Gasteiger partial charge in [-0.15, -0.1) is 0 Å². The summed E-state index contributed by atoms with van der Waals surface area (Å²) in [5.74, 6) is 8.60. The molecule has 8 heteroatoms. The van der Waals surface area contributed by atoms with Crippen molar-refractivity contribution in [3.63, 3.8) is 0 Å². The Morgan fingerprint density at radius 1 is 0.426 bits per heavy atom. The van der Waals surface area contributed by atoms with E-state index in [4.69, 9.17) is 28.6 Å². The van der Waals surface area contributed by atoms with Crippen molar-refractivity contribution in [1.29, 1.82) is 0 Å². The topological polar surface area (TPSA) is 80.1 Å². The van der Waals surface area contributed by atoms with Gasteiger partial charge in [-0.3, -0.25) is 0 Å². The predicted octanol–water partition coefficient (Wildman–Crippen LogP) is 18.3. The van der Waals surface area contributed by atoms with Gasteiger partial charge in [0.15, 0.2) is 0 Å². The molecular formula is C60H102N2O6. The second-order valence-electron chi connectivity index (χ2n) is 23.8. The molecule has 0 fully saturated rings. The zero-order valence-electron chi connectivity index (χ0n) is 46.8. The van der Waals surface area contributed by atoms with Crippen molar-refractivity contribution in [2.45, 2.75) is 263 Å². The third-order valence-electron chi connectivity index (χ3n) is 16.3. The Hall–Kier alpha value is -3.16. The molecule has 2 aliphatic rings. The van der Waals surface area contributed by atoms with Gasteiger partial charge in [0.2, 0.25) is 0 Å². The van der Waals surface area contributed by atoms with Gasteiger partial charge in [0, 0.05) is 11.1 Å². The first-order valence-corrected chi connectivity index (χ1v) is 27.8. The van der Waals surface area contributed by atoms with Crippen LogP contribution in [0.1, 0.15) is 242 Å². The Morgan fingerprint density at radius 2 is 0.735 bits per heavy atom. The minimum atomic E-state index is -0.146. The molecule has 0 radical (unpaired) electrons. The SMILES string of the molecule is Cc1c(C)c2c(c(C)c1OCO/N=N/OCOc1c(C)c(C)c3c(c1C)CC[C@@](C)(CCC[C@H](C)CCC[C@H](C)CCCC(C)C)O3)CC[C@@](C)(CCC[C@H](C)CCC[C@H](C)CCCC(C)C)O2. The summed E-state index contributed by atoms with van der Waals surface area (Å²) >= 11 is 0. The highest BCUT2D eigenvalue weighted by molar-refractivity contribution is 5.60. The van der Waals surface area contributed by atoms with E-state index in [1.165, 1.54) is 114 Å². The van der Waals surface area contributed by atoms with Crippen LogP contribution in [0.3, 0.4) is 0 Å². The van der Waals surface area contributed by atoms with Crippen molar-refractivity contribution in [2.75, 3.05) is 13.6 Å². The molecule has 0 aromatic heterocycles. The van der Waals surface area contributed by atoms with Crippen LogP contribution in [0, 0.1) is 77.0 Å². The van der Waals surface area contributed by atoms with Gasteiger partial charge in [-0.1, -0.05) is 145 Å². The Labute approximate surface area is 417 Å². The lowest BCUT2D eigenvalue weighted by molar-refractivity contribution is -0.0513. The first-order valence-electron chi connectivity index (χ1n) is 27.8. The Balaban J connectivity index is 1.16. The molecule has 0 spiro atoms. The number of fused-ring (bicyclic) bond motifs is 2. The van der Waals surface area contributed by atoms with Gasteiger partial charge in [-0.25, -0.2) is 0 Å². The molecule has 68 heavy (non-hydrogen) atoms. The van der Waals surface area contributed by atoms with Gasteiger partial charge in [-0.2, -0.15) is 0 Å². The van der Waals surface area contributed by atoms with E-state index in [0.717, 1.165) is 130 Å². The summed E-state index contributed by atoms with van der Waals surface area (Å²) < 4.78 is 26.1. The number of hydrogen-bond acceptors (Lipinski definition) is 8. The summed E-state index contributed by atoms with van der Waals surface area (Å²) in [5, 5.41) is 7.52. The molecule has 2 aliphatic heterocycles. The van der Waals surface area contributed by atoms with Gasteiger partial charge >= 0.3 is 0 Å². The fourth-order valence-electron chi connectivity index (χ4n) is 11.2. The third kappa shape index (κ3) is 17.9. The molecule has 0 unspecified atom stereocenters. The Kier molecular flexibility index (Phi) is 23.7. The molecule has 0 saturated heterocycles. The van der Waals surface area contributed by atoms with Crippen molar-refractivity contribution in [1.82, 2.24) is 0 Å². The smallest absolute Gasteiger partial charge is 0.257 e. The summed E-state index contributed by atoms with van der Waals surface area (Å²) in [4.78, 5) is 10.8. The molecule has 2 aromatic carbocycles. The Morgan fingerprint density at radius 3 is 1.06 bits per heavy atom. The molecule has 6 atom stereocenters. The zero-order chi connectivity index (χ0) is 50.0. The zero-order valence-corrected chi connectivity index (χ0v) is 46.8. The van der Waals surface area contributed by atoms with E-state index in [1.807, 2.05) is 0 Å². The van der Waals surface area contributed by atoms with Crippen molar-refractivity contribution in [3.8, 4) is 23.0 Å². The van der Waals surface area contributed by atoms with Crippen LogP contribution in [0.15, 0.2) is 10.6 Å². The van der Waals surface area contributed by atoms with Crippen LogP contribution in [0.4, 0.5) is 0 Å². The highest BCUT2D eigenvalue weighted by atomic mass is 16.8. The lowest BCUT2D eigenvalue weighted by atomic mass is 9.83. The van der Waals surface area contributed by atoms with Crippen LogP contribution >= 0.6 is 0 Å². The van der Waals surface area contributed by atoms with E-state index in [1.54, 1.807) is 0 Å². The molecule has 0 N–H and O–H groups in total. The van der Waals surface area contributed by atoms with Gasteiger partial charge in [0.05, 0.1) is 10.6 Å². The first kappa shape index (κ1) is 57.4. The van der Waals surface area contributed by atoms with E-state index in [2.05, 4.69) is 121 Å². The van der Waals surface area contributed by atoms with Crippen molar-refractivity contribution in [3.05, 3.63) is 44.5 Å². The van der Waals surface area contributed by atoms with Gasteiger partial charge in [-0.05, 0) is 176 Å². The van der Waals surface area contributed by atoms with Crippen molar-refractivity contribution >= 4 is 0 Å². The molecule has 2 aromatic rings. The fourth-order valence-corrected chi connectivity index (χ4v) is 11.2. The van der Waals surface area contributed by atoms with Crippen LogP contribution in [0.2, 0.25) is 0 Å². The average Bonchev–Trinajstić information content (AvgIpc) is 3.27. The normalized spacial score (nSPS) is 19.9. The number of ether oxygens (including phenoxy) is 4. The van der Waals surface area contributed by atoms with E-state index < -0.39 is 0 Å². The largest absolute Gasteiger partial charge is 0.487 e. The lowest BCUT2D eigenvalue weighted by Gasteiger charge is -2.38. The molecule has 0 aliphatic carbocycles. The maximum Gasteiger partial charge on any atom is 0.257 e. The number of benzene rings is 2. The summed E-state index contributed by atoms with van der Waals surface area (Å²) in [6, 6.07) is 0. The quantitative estimate of drug-likeness (QED) is 0.0315.